The van der Waals surface area contributed by atoms with E-state index < -0.39 is 18.2 Å². The highest BCUT2D eigenvalue weighted by Crippen LogP contribution is 2.38. The zero-order valence-corrected chi connectivity index (χ0v) is 13.7. The zero-order valence-electron chi connectivity index (χ0n) is 13.7. The number of ether oxygens (including phenoxy) is 3. The second-order valence-electron chi connectivity index (χ2n) is 6.04. The van der Waals surface area contributed by atoms with Crippen molar-refractivity contribution in [3.63, 3.8) is 0 Å². The second-order valence-corrected chi connectivity index (χ2v) is 6.04. The normalized spacial score (nSPS) is 25.0. The first-order chi connectivity index (χ1) is 11.5. The molecule has 0 saturated carbocycles. The van der Waals surface area contributed by atoms with Crippen molar-refractivity contribution in [3.05, 3.63) is 17.7 Å². The fourth-order valence-electron chi connectivity index (χ4n) is 3.04. The van der Waals surface area contributed by atoms with E-state index in [4.69, 9.17) is 19.3 Å². The van der Waals surface area contributed by atoms with Gasteiger partial charge in [0, 0.05) is 18.1 Å². The standard InChI is InChI=1S/C17H21NO6/c1-3-22-15-7-10-6-9(2)23-14(10)8-11(15)18-16(19)12-4-5-13(24-12)17(20)21/h7-9,12-13H,3-6H2,1-2H3,(H,18,19)(H,20,21)/t9?,12-,13+/m0/s1. The molecule has 1 fully saturated rings. The Balaban J connectivity index is 1.75. The number of anilines is 1. The molecule has 1 unspecified atom stereocenters. The van der Waals surface area contributed by atoms with Crippen molar-refractivity contribution < 1.29 is 28.9 Å². The van der Waals surface area contributed by atoms with Gasteiger partial charge in [0.15, 0.2) is 6.10 Å². The number of aliphatic carboxylic acids is 1. The summed E-state index contributed by atoms with van der Waals surface area (Å²) >= 11 is 0. The van der Waals surface area contributed by atoms with Gasteiger partial charge in [-0.1, -0.05) is 0 Å². The highest BCUT2D eigenvalue weighted by molar-refractivity contribution is 5.96. The molecule has 0 spiro atoms. The van der Waals surface area contributed by atoms with Gasteiger partial charge in [-0.05, 0) is 32.8 Å². The molecular formula is C17H21NO6. The lowest BCUT2D eigenvalue weighted by Crippen LogP contribution is -2.30. The Morgan fingerprint density at radius 1 is 1.33 bits per heavy atom. The smallest absolute Gasteiger partial charge is 0.332 e. The van der Waals surface area contributed by atoms with Crippen LogP contribution in [0.15, 0.2) is 12.1 Å². The summed E-state index contributed by atoms with van der Waals surface area (Å²) in [5, 5.41) is 11.7. The number of carbonyl (C=O) groups excluding carboxylic acids is 1. The van der Waals surface area contributed by atoms with E-state index in [2.05, 4.69) is 5.32 Å². The molecule has 3 atom stereocenters. The number of carboxylic acids is 1. The van der Waals surface area contributed by atoms with Gasteiger partial charge in [-0.2, -0.15) is 0 Å². The molecule has 2 N–H and O–H groups in total. The van der Waals surface area contributed by atoms with Crippen LogP contribution in [0.25, 0.3) is 0 Å². The first-order valence-electron chi connectivity index (χ1n) is 8.13. The van der Waals surface area contributed by atoms with Gasteiger partial charge in [0.25, 0.3) is 5.91 Å². The number of carbonyl (C=O) groups is 2. The lowest BCUT2D eigenvalue weighted by molar-refractivity contribution is -0.150. The maximum atomic E-state index is 12.4. The minimum absolute atomic E-state index is 0.0925. The van der Waals surface area contributed by atoms with Crippen LogP contribution in [-0.2, 0) is 20.7 Å². The number of fused-ring (bicyclic) bond motifs is 1. The molecule has 2 aliphatic heterocycles. The Bertz CT molecular complexity index is 659. The van der Waals surface area contributed by atoms with E-state index in [-0.39, 0.29) is 12.0 Å². The van der Waals surface area contributed by atoms with Gasteiger partial charge in [0.2, 0.25) is 0 Å². The molecule has 2 heterocycles. The molecule has 7 heteroatoms. The van der Waals surface area contributed by atoms with E-state index in [9.17, 15) is 9.59 Å². The van der Waals surface area contributed by atoms with E-state index in [0.29, 0.717) is 30.9 Å². The molecule has 1 aromatic rings. The molecule has 1 amide bonds. The predicted octanol–water partition coefficient (Wildman–Crippen LogP) is 1.98. The van der Waals surface area contributed by atoms with Gasteiger partial charge in [0.1, 0.15) is 23.7 Å². The topological polar surface area (TPSA) is 94.1 Å². The molecule has 24 heavy (non-hydrogen) atoms. The number of hydrogen-bond donors (Lipinski definition) is 2. The Morgan fingerprint density at radius 2 is 2.08 bits per heavy atom. The second kappa shape index (κ2) is 6.68. The fourth-order valence-corrected chi connectivity index (χ4v) is 3.04. The van der Waals surface area contributed by atoms with Crippen molar-refractivity contribution in [2.75, 3.05) is 11.9 Å². The van der Waals surface area contributed by atoms with E-state index in [1.54, 1.807) is 6.07 Å². The van der Waals surface area contributed by atoms with Crippen molar-refractivity contribution >= 4 is 17.6 Å². The summed E-state index contributed by atoms with van der Waals surface area (Å²) in [6.45, 7) is 4.32. The minimum Gasteiger partial charge on any atom is -0.492 e. The average molecular weight is 335 g/mol. The maximum absolute atomic E-state index is 12.4. The molecule has 1 saturated heterocycles. The van der Waals surface area contributed by atoms with E-state index >= 15 is 0 Å². The lowest BCUT2D eigenvalue weighted by atomic mass is 10.1. The quantitative estimate of drug-likeness (QED) is 0.854. The van der Waals surface area contributed by atoms with Crippen LogP contribution in [0, 0.1) is 0 Å². The van der Waals surface area contributed by atoms with Crippen LogP contribution < -0.4 is 14.8 Å². The third-order valence-corrected chi connectivity index (χ3v) is 4.14. The summed E-state index contributed by atoms with van der Waals surface area (Å²) in [5.41, 5.74) is 1.56. The van der Waals surface area contributed by atoms with Crippen molar-refractivity contribution in [1.82, 2.24) is 0 Å². The molecule has 0 bridgehead atoms. The summed E-state index contributed by atoms with van der Waals surface area (Å²) in [7, 11) is 0. The van der Waals surface area contributed by atoms with Gasteiger partial charge in [0.05, 0.1) is 12.3 Å². The van der Waals surface area contributed by atoms with Crippen molar-refractivity contribution in [2.24, 2.45) is 0 Å². The summed E-state index contributed by atoms with van der Waals surface area (Å²) in [6, 6.07) is 3.64. The SMILES string of the molecule is CCOc1cc2c(cc1NC(=O)[C@@H]1CC[C@H](C(=O)O)O1)OC(C)C2. The van der Waals surface area contributed by atoms with Crippen LogP contribution >= 0.6 is 0 Å². The lowest BCUT2D eigenvalue weighted by Gasteiger charge is -2.16. The van der Waals surface area contributed by atoms with Gasteiger partial charge in [-0.25, -0.2) is 4.79 Å². The van der Waals surface area contributed by atoms with Crippen LogP contribution in [0.4, 0.5) is 5.69 Å². The van der Waals surface area contributed by atoms with Crippen LogP contribution in [0.5, 0.6) is 11.5 Å². The van der Waals surface area contributed by atoms with Gasteiger partial charge in [-0.3, -0.25) is 4.79 Å². The number of benzene rings is 1. The Morgan fingerprint density at radius 3 is 2.75 bits per heavy atom. The minimum atomic E-state index is -1.04. The molecule has 7 nitrogen and oxygen atoms in total. The van der Waals surface area contributed by atoms with Crippen LogP contribution in [0.2, 0.25) is 0 Å². The largest absolute Gasteiger partial charge is 0.492 e. The van der Waals surface area contributed by atoms with Crippen LogP contribution in [-0.4, -0.2) is 41.9 Å². The van der Waals surface area contributed by atoms with E-state index in [1.807, 2.05) is 19.9 Å². The molecule has 1 aromatic carbocycles. The Labute approximate surface area is 139 Å². The fraction of sp³-hybridized carbons (Fsp3) is 0.529. The van der Waals surface area contributed by atoms with E-state index in [1.165, 1.54) is 0 Å². The number of carboxylic acid groups (broad SMARTS) is 1. The monoisotopic (exact) mass is 335 g/mol. The van der Waals surface area contributed by atoms with Crippen molar-refractivity contribution in [3.8, 4) is 11.5 Å². The van der Waals surface area contributed by atoms with Gasteiger partial charge >= 0.3 is 5.97 Å². The molecule has 0 aromatic heterocycles. The third kappa shape index (κ3) is 3.31. The number of nitrogens with one attached hydrogen (secondary N) is 1. The first kappa shape index (κ1) is 16.6. The Hall–Kier alpha value is -2.28. The maximum Gasteiger partial charge on any atom is 0.332 e. The molecular weight excluding hydrogens is 314 g/mol. The highest BCUT2D eigenvalue weighted by Gasteiger charge is 2.35. The van der Waals surface area contributed by atoms with Crippen molar-refractivity contribution in [2.45, 2.75) is 51.4 Å². The summed E-state index contributed by atoms with van der Waals surface area (Å²) in [6.07, 6.45) is -0.0859. The summed E-state index contributed by atoms with van der Waals surface area (Å²) < 4.78 is 16.6. The Kier molecular flexibility index (Phi) is 4.62. The number of amides is 1. The first-order valence-corrected chi connectivity index (χ1v) is 8.13. The highest BCUT2D eigenvalue weighted by atomic mass is 16.5. The molecule has 130 valence electrons. The number of rotatable bonds is 5. The molecule has 0 aliphatic carbocycles. The molecule has 2 aliphatic rings. The summed E-state index contributed by atoms with van der Waals surface area (Å²) in [5.74, 6) is -0.0991. The van der Waals surface area contributed by atoms with E-state index in [0.717, 1.165) is 17.7 Å². The average Bonchev–Trinajstić information content (AvgIpc) is 3.13. The van der Waals surface area contributed by atoms with Gasteiger partial charge in [-0.15, -0.1) is 0 Å². The predicted molar refractivity (Wildman–Crippen MR) is 85.6 cm³/mol. The molecule has 0 radical (unpaired) electrons. The molecule has 3 rings (SSSR count). The van der Waals surface area contributed by atoms with Crippen LogP contribution in [0.3, 0.4) is 0 Å². The number of hydrogen-bond acceptors (Lipinski definition) is 5. The zero-order chi connectivity index (χ0) is 17.3. The third-order valence-electron chi connectivity index (χ3n) is 4.14. The van der Waals surface area contributed by atoms with Gasteiger partial charge < -0.3 is 24.6 Å². The summed E-state index contributed by atoms with van der Waals surface area (Å²) in [4.78, 5) is 23.3. The van der Waals surface area contributed by atoms with Crippen molar-refractivity contribution in [1.29, 1.82) is 0 Å². The van der Waals surface area contributed by atoms with Crippen LogP contribution in [0.1, 0.15) is 32.3 Å².